The third kappa shape index (κ3) is 7.28. The fraction of sp³-hybridized carbons (Fsp3) is 0.385. The first-order chi connectivity index (χ1) is 8.54. The molecule has 0 saturated heterocycles. The van der Waals surface area contributed by atoms with Gasteiger partial charge in [-0.1, -0.05) is 12.1 Å². The van der Waals surface area contributed by atoms with Crippen molar-refractivity contribution in [3.63, 3.8) is 0 Å². The van der Waals surface area contributed by atoms with Gasteiger partial charge in [0.1, 0.15) is 0 Å². The number of benzene rings is 1. The van der Waals surface area contributed by atoms with Crippen LogP contribution in [0.4, 0.5) is 0 Å². The second-order valence-electron chi connectivity index (χ2n) is 3.86. The Balaban J connectivity index is 0.000000411. The number of carboxylic acids is 2. The molecule has 2 N–H and O–H groups in total. The summed E-state index contributed by atoms with van der Waals surface area (Å²) < 4.78 is 1.54. The zero-order chi connectivity index (χ0) is 14.0. The zero-order valence-electron chi connectivity index (χ0n) is 10.8. The van der Waals surface area contributed by atoms with Crippen molar-refractivity contribution in [1.29, 1.82) is 0 Å². The average molecular weight is 276 g/mol. The van der Waals surface area contributed by atoms with E-state index < -0.39 is 11.9 Å². The summed E-state index contributed by atoms with van der Waals surface area (Å²) in [5.74, 6) is -2.46. The number of carbonyl (C=O) groups is 2. The first kappa shape index (κ1) is 17.8. The molecular weight excluding hydrogens is 259 g/mol. The van der Waals surface area contributed by atoms with Gasteiger partial charge in [0, 0.05) is 0 Å². The Bertz CT molecular complexity index is 353. The molecule has 4 nitrogen and oxygen atoms in total. The Morgan fingerprint density at radius 1 is 1.06 bits per heavy atom. The number of aromatic carboxylic acids is 2. The fourth-order valence-electron chi connectivity index (χ4n) is 1.36. The van der Waals surface area contributed by atoms with Crippen LogP contribution in [0.25, 0.3) is 0 Å². The van der Waals surface area contributed by atoms with Gasteiger partial charge in [-0.2, -0.15) is 0 Å². The van der Waals surface area contributed by atoms with Gasteiger partial charge in [0.05, 0.1) is 11.1 Å². The normalized spacial score (nSPS) is 9.28. The predicted octanol–water partition coefficient (Wildman–Crippen LogP) is 2.85. The number of rotatable bonds is 5. The van der Waals surface area contributed by atoms with Crippen LogP contribution in [0.2, 0.25) is 0.515 Å². The van der Waals surface area contributed by atoms with E-state index in [9.17, 15) is 9.59 Å². The minimum absolute atomic E-state index is 0.190. The Labute approximate surface area is 141 Å². The molecule has 0 aliphatic rings. The first-order valence-electron chi connectivity index (χ1n) is 6.10. The van der Waals surface area contributed by atoms with E-state index in [1.165, 1.54) is 43.5 Å². The van der Waals surface area contributed by atoms with Crippen molar-refractivity contribution in [1.82, 2.24) is 0 Å². The standard InChI is InChI=1S/C8H6O4.C5H11.K/c9-7(10)5-3-1-2-4-6(5)8(11)12;1-3-5-4-2;/h1-4H,(H,9,10)(H,11,12);1,3-5H2,2H3;. The van der Waals surface area contributed by atoms with Crippen LogP contribution in [-0.4, -0.2) is 71.1 Å². The van der Waals surface area contributed by atoms with Crippen LogP contribution < -0.4 is 0 Å². The van der Waals surface area contributed by atoms with Crippen molar-refractivity contribution in [2.75, 3.05) is 0 Å². The van der Waals surface area contributed by atoms with Crippen molar-refractivity contribution >= 4 is 60.9 Å². The van der Waals surface area contributed by atoms with Crippen molar-refractivity contribution in [3.05, 3.63) is 35.4 Å². The third-order valence-corrected chi connectivity index (χ3v) is 3.45. The second kappa shape index (κ2) is 10.7. The van der Waals surface area contributed by atoms with E-state index in [4.69, 9.17) is 10.2 Å². The molecular formula is C13H17KO4. The molecule has 0 spiro atoms. The van der Waals surface area contributed by atoms with Gasteiger partial charge in [0.25, 0.3) is 0 Å². The van der Waals surface area contributed by atoms with E-state index in [1.807, 2.05) is 0 Å². The maximum absolute atomic E-state index is 10.5. The SMILES string of the molecule is CCCC[CH2][K].O=C(O)c1ccccc1C(=O)O. The Kier molecular flexibility index (Phi) is 10.6. The number of hydrogen-bond donors (Lipinski definition) is 2. The van der Waals surface area contributed by atoms with Gasteiger partial charge in [0.2, 0.25) is 0 Å². The number of carboxylic acid groups (broad SMARTS) is 2. The van der Waals surface area contributed by atoms with Crippen LogP contribution in [0.1, 0.15) is 46.9 Å². The van der Waals surface area contributed by atoms with Crippen LogP contribution in [-0.2, 0) is 0 Å². The van der Waals surface area contributed by atoms with Crippen LogP contribution in [0.3, 0.4) is 0 Å². The summed E-state index contributed by atoms with van der Waals surface area (Å²) in [6, 6.07) is 5.48. The topological polar surface area (TPSA) is 74.6 Å². The Morgan fingerprint density at radius 2 is 1.50 bits per heavy atom. The van der Waals surface area contributed by atoms with Crippen molar-refractivity contribution in [2.45, 2.75) is 26.7 Å². The van der Waals surface area contributed by atoms with E-state index in [0.29, 0.717) is 0 Å². The van der Waals surface area contributed by atoms with Crippen molar-refractivity contribution in [2.24, 2.45) is 0 Å². The summed E-state index contributed by atoms with van der Waals surface area (Å²) in [6.07, 6.45) is 4.34. The third-order valence-electron chi connectivity index (χ3n) is 2.34. The summed E-state index contributed by atoms with van der Waals surface area (Å²) in [5, 5.41) is 17.1. The molecule has 0 heterocycles. The van der Waals surface area contributed by atoms with E-state index >= 15 is 0 Å². The van der Waals surface area contributed by atoms with Crippen molar-refractivity contribution < 1.29 is 19.8 Å². The second-order valence-corrected chi connectivity index (χ2v) is 5.42. The molecule has 0 aromatic heterocycles. The quantitative estimate of drug-likeness (QED) is 0.640. The molecule has 1 rings (SSSR count). The summed E-state index contributed by atoms with van der Waals surface area (Å²) in [5.41, 5.74) is -0.380. The molecule has 5 heteroatoms. The molecule has 18 heavy (non-hydrogen) atoms. The molecule has 0 amide bonds. The molecule has 1 aromatic rings. The van der Waals surface area contributed by atoms with Gasteiger partial charge in [-0.05, 0) is 12.1 Å². The van der Waals surface area contributed by atoms with Crippen LogP contribution >= 0.6 is 0 Å². The maximum Gasteiger partial charge on any atom is 0.336 e. The largest absolute Gasteiger partial charge is 0.478 e. The molecule has 0 bridgehead atoms. The van der Waals surface area contributed by atoms with E-state index in [-0.39, 0.29) is 11.1 Å². The average Bonchev–Trinajstić information content (AvgIpc) is 2.37. The Hall–Kier alpha value is -0.204. The minimum Gasteiger partial charge on any atom is -0.478 e. The Morgan fingerprint density at radius 3 is 1.72 bits per heavy atom. The van der Waals surface area contributed by atoms with Crippen LogP contribution in [0.5, 0.6) is 0 Å². The molecule has 0 unspecified atom stereocenters. The van der Waals surface area contributed by atoms with Gasteiger partial charge in [-0.15, -0.1) is 0 Å². The monoisotopic (exact) mass is 276 g/mol. The van der Waals surface area contributed by atoms with Gasteiger partial charge in [0.15, 0.2) is 0 Å². The fourth-order valence-corrected chi connectivity index (χ4v) is 2.14. The van der Waals surface area contributed by atoms with Gasteiger partial charge in [-0.3, -0.25) is 0 Å². The maximum atomic E-state index is 10.5. The number of unbranched alkanes of at least 4 members (excludes halogenated alkanes) is 2. The minimum atomic E-state index is -1.23. The zero-order valence-corrected chi connectivity index (χ0v) is 14.0. The molecule has 1 aromatic carbocycles. The molecule has 94 valence electrons. The van der Waals surface area contributed by atoms with E-state index in [1.54, 1.807) is 0.515 Å². The summed E-state index contributed by atoms with van der Waals surface area (Å²) in [4.78, 5) is 20.9. The van der Waals surface area contributed by atoms with Gasteiger partial charge >= 0.3 is 87.6 Å². The first-order valence-corrected chi connectivity index (χ1v) is 8.31. The molecule has 0 fully saturated rings. The molecule has 0 radical (unpaired) electrons. The molecule has 0 aliphatic carbocycles. The molecule has 0 atom stereocenters. The summed E-state index contributed by atoms with van der Waals surface area (Å²) in [6.45, 7) is 2.25. The summed E-state index contributed by atoms with van der Waals surface area (Å²) >= 11 is 1.11. The summed E-state index contributed by atoms with van der Waals surface area (Å²) in [7, 11) is 0. The molecule has 0 aliphatic heterocycles. The van der Waals surface area contributed by atoms with Gasteiger partial charge in [-0.25, -0.2) is 9.59 Å². The molecule has 0 saturated carbocycles. The van der Waals surface area contributed by atoms with Gasteiger partial charge < -0.3 is 10.2 Å². The van der Waals surface area contributed by atoms with Crippen LogP contribution in [0, 0.1) is 0 Å². The van der Waals surface area contributed by atoms with E-state index in [0.717, 1.165) is 49.0 Å². The smallest absolute Gasteiger partial charge is 0.336 e. The van der Waals surface area contributed by atoms with E-state index in [2.05, 4.69) is 6.92 Å². The predicted molar refractivity (Wildman–Crippen MR) is 70.4 cm³/mol. The number of hydrogen-bond acceptors (Lipinski definition) is 2. The van der Waals surface area contributed by atoms with Crippen molar-refractivity contribution in [3.8, 4) is 0 Å². The van der Waals surface area contributed by atoms with Crippen LogP contribution in [0.15, 0.2) is 24.3 Å².